The van der Waals surface area contributed by atoms with E-state index in [1.54, 1.807) is 47.7 Å². The maximum atomic E-state index is 13.1. The zero-order chi connectivity index (χ0) is 24.3. The maximum absolute atomic E-state index is 13.1. The molecule has 0 saturated heterocycles. The molecule has 0 aliphatic heterocycles. The van der Waals surface area contributed by atoms with Crippen molar-refractivity contribution in [2.45, 2.75) is 66.1 Å². The van der Waals surface area contributed by atoms with Gasteiger partial charge < -0.3 is 9.64 Å². The molecule has 0 unspecified atom stereocenters. The Kier molecular flexibility index (Phi) is 8.35. The van der Waals surface area contributed by atoms with E-state index >= 15 is 0 Å². The van der Waals surface area contributed by atoms with Gasteiger partial charge in [0.05, 0.1) is 16.7 Å². The number of rotatable bonds is 8. The molecule has 9 heteroatoms. The van der Waals surface area contributed by atoms with Crippen molar-refractivity contribution in [2.75, 3.05) is 27.4 Å². The molecule has 0 aliphatic rings. The Morgan fingerprint density at radius 1 is 1.06 bits per heavy atom. The fraction of sp³-hybridized carbons (Fsp3) is 0.609. The number of phosphoric acid groups is 1. The highest BCUT2D eigenvalue weighted by atomic mass is 31.2. The van der Waals surface area contributed by atoms with E-state index in [2.05, 4.69) is 11.0 Å². The number of benzene rings is 1. The number of ether oxygens (including phenoxy) is 1. The van der Waals surface area contributed by atoms with Crippen LogP contribution >= 0.6 is 7.82 Å². The van der Waals surface area contributed by atoms with Gasteiger partial charge >= 0.3 is 13.9 Å². The van der Waals surface area contributed by atoms with Crippen LogP contribution in [0.25, 0.3) is 10.9 Å². The van der Waals surface area contributed by atoms with Crippen molar-refractivity contribution in [2.24, 2.45) is 0 Å². The van der Waals surface area contributed by atoms with Gasteiger partial charge in [-0.2, -0.15) is 0 Å². The van der Waals surface area contributed by atoms with Crippen molar-refractivity contribution in [1.82, 2.24) is 9.47 Å². The Hall–Kier alpha value is -1.70. The maximum Gasteiger partial charge on any atom is 0.478 e. The summed E-state index contributed by atoms with van der Waals surface area (Å²) in [6.45, 7) is 12.7. The minimum Gasteiger partial charge on any atom is -0.421 e. The molecule has 0 amide bonds. The lowest BCUT2D eigenvalue weighted by atomic mass is 10.1. The first-order chi connectivity index (χ1) is 14.6. The van der Waals surface area contributed by atoms with Crippen LogP contribution in [0.3, 0.4) is 0 Å². The summed E-state index contributed by atoms with van der Waals surface area (Å²) in [6.07, 6.45) is 1.94. The lowest BCUT2D eigenvalue weighted by molar-refractivity contribution is -0.0282. The fourth-order valence-corrected chi connectivity index (χ4v) is 4.73. The Morgan fingerprint density at radius 3 is 2.19 bits per heavy atom. The third kappa shape index (κ3) is 8.01. The Balaban J connectivity index is 2.18. The van der Waals surface area contributed by atoms with Crippen molar-refractivity contribution in [1.29, 1.82) is 0 Å². The van der Waals surface area contributed by atoms with Crippen molar-refractivity contribution in [3.63, 3.8) is 0 Å². The highest BCUT2D eigenvalue weighted by molar-refractivity contribution is 7.48. The van der Waals surface area contributed by atoms with E-state index in [9.17, 15) is 9.36 Å². The smallest absolute Gasteiger partial charge is 0.421 e. The van der Waals surface area contributed by atoms with Crippen LogP contribution in [0.4, 0.5) is 4.79 Å². The van der Waals surface area contributed by atoms with Gasteiger partial charge in [0.2, 0.25) is 6.79 Å². The number of carbonyl (C=O) groups excluding carboxylic acids is 1. The van der Waals surface area contributed by atoms with Crippen LogP contribution in [-0.4, -0.2) is 54.2 Å². The molecular weight excluding hydrogens is 431 g/mol. The SMILES string of the molecule is Cc1ccc2c(c1)c(CCN(C)C)cn2C(=O)OCOP(=O)(OC(C)(C)C)OC(C)(C)C. The van der Waals surface area contributed by atoms with Crippen LogP contribution in [0.5, 0.6) is 0 Å². The van der Waals surface area contributed by atoms with Crippen LogP contribution in [0.1, 0.15) is 52.7 Å². The average Bonchev–Trinajstić information content (AvgIpc) is 2.94. The van der Waals surface area contributed by atoms with Gasteiger partial charge in [0.1, 0.15) is 0 Å². The summed E-state index contributed by atoms with van der Waals surface area (Å²) in [4.78, 5) is 14.9. The summed E-state index contributed by atoms with van der Waals surface area (Å²) in [7, 11) is 0.0419. The molecule has 0 atom stereocenters. The van der Waals surface area contributed by atoms with Gasteiger partial charge in [-0.1, -0.05) is 11.6 Å². The molecule has 0 radical (unpaired) electrons. The second kappa shape index (κ2) is 10.1. The van der Waals surface area contributed by atoms with Crippen LogP contribution in [0.15, 0.2) is 24.4 Å². The summed E-state index contributed by atoms with van der Waals surface area (Å²) < 4.78 is 36.2. The summed E-state index contributed by atoms with van der Waals surface area (Å²) >= 11 is 0. The van der Waals surface area contributed by atoms with E-state index in [-0.39, 0.29) is 0 Å². The molecule has 1 heterocycles. The highest BCUT2D eigenvalue weighted by Crippen LogP contribution is 2.55. The molecule has 0 N–H and O–H groups in total. The fourth-order valence-electron chi connectivity index (χ4n) is 3.06. The van der Waals surface area contributed by atoms with Crippen molar-refractivity contribution in [3.05, 3.63) is 35.5 Å². The number of fused-ring (bicyclic) bond motifs is 1. The number of aryl methyl sites for hydroxylation is 1. The van der Waals surface area contributed by atoms with E-state index in [0.717, 1.165) is 35.0 Å². The minimum atomic E-state index is -3.97. The van der Waals surface area contributed by atoms with Crippen molar-refractivity contribution in [3.8, 4) is 0 Å². The number of phosphoric ester groups is 1. The molecule has 8 nitrogen and oxygen atoms in total. The largest absolute Gasteiger partial charge is 0.478 e. The predicted octanol–water partition coefficient (Wildman–Crippen LogP) is 5.75. The van der Waals surface area contributed by atoms with Crippen LogP contribution < -0.4 is 0 Å². The lowest BCUT2D eigenvalue weighted by Gasteiger charge is -2.30. The van der Waals surface area contributed by atoms with Gasteiger partial charge in [-0.15, -0.1) is 0 Å². The lowest BCUT2D eigenvalue weighted by Crippen LogP contribution is -2.25. The molecule has 0 bridgehead atoms. The predicted molar refractivity (Wildman–Crippen MR) is 126 cm³/mol. The third-order valence-electron chi connectivity index (χ3n) is 4.23. The van der Waals surface area contributed by atoms with Crippen molar-refractivity contribution < 1.29 is 27.7 Å². The average molecular weight is 469 g/mol. The molecule has 2 rings (SSSR count). The molecule has 0 saturated carbocycles. The second-order valence-corrected chi connectivity index (χ2v) is 11.6. The number of likely N-dealkylation sites (N-methyl/N-ethyl adjacent to an activating group) is 1. The molecule has 32 heavy (non-hydrogen) atoms. The molecule has 1 aromatic carbocycles. The highest BCUT2D eigenvalue weighted by Gasteiger charge is 2.37. The Labute approximate surface area is 191 Å². The number of hydrogen-bond donors (Lipinski definition) is 0. The van der Waals surface area contributed by atoms with E-state index in [0.29, 0.717) is 0 Å². The number of aromatic nitrogens is 1. The third-order valence-corrected chi connectivity index (χ3v) is 6.20. The Bertz CT molecular complexity index is 965. The molecule has 0 spiro atoms. The van der Waals surface area contributed by atoms with Gasteiger partial charge in [-0.25, -0.2) is 13.9 Å². The first kappa shape index (κ1) is 26.6. The molecule has 180 valence electrons. The van der Waals surface area contributed by atoms with Crippen LogP contribution in [-0.2, 0) is 29.3 Å². The van der Waals surface area contributed by atoms with Crippen molar-refractivity contribution >= 4 is 24.8 Å². The summed E-state index contributed by atoms with van der Waals surface area (Å²) in [5.74, 6) is 0. The van der Waals surface area contributed by atoms with Crippen LogP contribution in [0.2, 0.25) is 0 Å². The summed E-state index contributed by atoms with van der Waals surface area (Å²) in [5.41, 5.74) is 1.35. The minimum absolute atomic E-state index is 0.569. The van der Waals surface area contributed by atoms with E-state index < -0.39 is 31.9 Å². The normalized spacial score (nSPS) is 13.2. The zero-order valence-corrected chi connectivity index (χ0v) is 21.6. The summed E-state index contributed by atoms with van der Waals surface area (Å²) in [6, 6.07) is 5.90. The van der Waals surface area contributed by atoms with Crippen LogP contribution in [0, 0.1) is 6.92 Å². The van der Waals surface area contributed by atoms with Gasteiger partial charge in [0.15, 0.2) is 0 Å². The first-order valence-corrected chi connectivity index (χ1v) is 12.1. The van der Waals surface area contributed by atoms with Gasteiger partial charge in [-0.05, 0) is 86.7 Å². The molecule has 0 aliphatic carbocycles. The van der Waals surface area contributed by atoms with E-state index in [4.69, 9.17) is 18.3 Å². The monoisotopic (exact) mass is 468 g/mol. The molecule has 0 fully saturated rings. The quantitative estimate of drug-likeness (QED) is 0.360. The summed E-state index contributed by atoms with van der Waals surface area (Å²) in [5, 5.41) is 1.00. The van der Waals surface area contributed by atoms with E-state index in [1.807, 2.05) is 33.2 Å². The number of carbonyl (C=O) groups is 1. The standard InChI is InChI=1S/C23H37N2O6P/c1-17-10-11-20-19(14-17)18(12-13-24(8)9)15-25(20)21(26)28-16-29-32(27,30-22(2,3)4)31-23(5,6)7/h10-11,14-15H,12-13,16H2,1-9H3. The topological polar surface area (TPSA) is 79.2 Å². The first-order valence-electron chi connectivity index (χ1n) is 10.7. The van der Waals surface area contributed by atoms with Gasteiger partial charge in [0, 0.05) is 18.1 Å². The Morgan fingerprint density at radius 2 is 1.66 bits per heavy atom. The molecule has 2 aromatic rings. The van der Waals surface area contributed by atoms with E-state index in [1.165, 1.54) is 4.57 Å². The molecule has 1 aromatic heterocycles. The molecular formula is C23H37N2O6P. The van der Waals surface area contributed by atoms with Gasteiger partial charge in [0.25, 0.3) is 0 Å². The number of nitrogens with zero attached hydrogens (tertiary/aromatic N) is 2. The second-order valence-electron chi connectivity index (χ2n) is 10.1. The van der Waals surface area contributed by atoms with Gasteiger partial charge in [-0.3, -0.25) is 13.6 Å². The number of hydrogen-bond acceptors (Lipinski definition) is 7. The zero-order valence-electron chi connectivity index (χ0n) is 20.7.